The van der Waals surface area contributed by atoms with E-state index in [0.29, 0.717) is 26.9 Å². The Morgan fingerprint density at radius 2 is 2.25 bits per heavy atom. The molecular formula is C12H13BrN4O2S. The molecule has 106 valence electrons. The molecule has 0 fully saturated rings. The van der Waals surface area contributed by atoms with Crippen LogP contribution in [0.1, 0.15) is 0 Å². The van der Waals surface area contributed by atoms with Gasteiger partial charge in [-0.15, -0.1) is 0 Å². The first-order valence-corrected chi connectivity index (χ1v) is 8.07. The number of halogens is 1. The van der Waals surface area contributed by atoms with E-state index in [-0.39, 0.29) is 0 Å². The number of hydrogen-bond acceptors (Lipinski definition) is 5. The third-order valence-corrected chi connectivity index (χ3v) is 3.99. The molecule has 0 spiro atoms. The zero-order valence-electron chi connectivity index (χ0n) is 10.7. The van der Waals surface area contributed by atoms with Crippen LogP contribution in [0.15, 0.2) is 39.8 Å². The molecule has 1 unspecified atom stereocenters. The van der Waals surface area contributed by atoms with Gasteiger partial charge >= 0.3 is 0 Å². The molecule has 0 saturated heterocycles. The van der Waals surface area contributed by atoms with Gasteiger partial charge < -0.3 is 10.1 Å². The zero-order valence-corrected chi connectivity index (χ0v) is 13.1. The molecule has 8 heteroatoms. The van der Waals surface area contributed by atoms with Gasteiger partial charge in [-0.1, -0.05) is 6.07 Å². The van der Waals surface area contributed by atoms with Crippen molar-refractivity contribution >= 4 is 43.1 Å². The standard InChI is InChI=1S/C12H13BrN4O2S/c1-19-11-10(13)7-15-12(17-11)16-8-4-3-5-9(6-8)20(2,14)18/h3-7H,2H2,1H3,(H2,14,18)(H,15,16,17). The van der Waals surface area contributed by atoms with E-state index in [4.69, 9.17) is 9.88 Å². The molecule has 1 aromatic heterocycles. The largest absolute Gasteiger partial charge is 0.480 e. The second-order valence-corrected chi connectivity index (χ2v) is 6.71. The maximum Gasteiger partial charge on any atom is 0.232 e. The van der Waals surface area contributed by atoms with Crippen LogP contribution >= 0.6 is 15.9 Å². The van der Waals surface area contributed by atoms with E-state index in [9.17, 15) is 4.21 Å². The zero-order chi connectivity index (χ0) is 14.8. The van der Waals surface area contributed by atoms with Crippen LogP contribution in [-0.4, -0.2) is 27.2 Å². The smallest absolute Gasteiger partial charge is 0.232 e. The summed E-state index contributed by atoms with van der Waals surface area (Å²) < 4.78 is 17.5. The van der Waals surface area contributed by atoms with Gasteiger partial charge in [-0.2, -0.15) is 4.98 Å². The number of anilines is 2. The predicted molar refractivity (Wildman–Crippen MR) is 83.7 cm³/mol. The van der Waals surface area contributed by atoms with E-state index < -0.39 is 9.71 Å². The molecule has 0 amide bonds. The Bertz CT molecular complexity index is 734. The maximum absolute atomic E-state index is 11.7. The number of ether oxygens (including phenoxy) is 1. The minimum absolute atomic E-state index is 0.356. The van der Waals surface area contributed by atoms with Crippen molar-refractivity contribution in [3.8, 4) is 5.88 Å². The third kappa shape index (κ3) is 3.47. The molecule has 1 heterocycles. The van der Waals surface area contributed by atoms with E-state index in [1.165, 1.54) is 7.11 Å². The van der Waals surface area contributed by atoms with Gasteiger partial charge in [-0.25, -0.2) is 9.19 Å². The molecule has 3 N–H and O–H groups in total. The second kappa shape index (κ2) is 5.78. The van der Waals surface area contributed by atoms with Crippen molar-refractivity contribution < 1.29 is 8.95 Å². The van der Waals surface area contributed by atoms with Crippen molar-refractivity contribution in [2.75, 3.05) is 12.4 Å². The Hall–Kier alpha value is -1.64. The molecule has 2 aromatic rings. The summed E-state index contributed by atoms with van der Waals surface area (Å²) >= 11 is 3.27. The van der Waals surface area contributed by atoms with Crippen LogP contribution in [0.25, 0.3) is 0 Å². The lowest BCUT2D eigenvalue weighted by molar-refractivity contribution is 0.394. The minimum atomic E-state index is -2.75. The van der Waals surface area contributed by atoms with Crippen LogP contribution in [-0.2, 0) is 9.71 Å². The fraction of sp³-hybridized carbons (Fsp3) is 0.0833. The average molecular weight is 357 g/mol. The fourth-order valence-electron chi connectivity index (χ4n) is 1.47. The van der Waals surface area contributed by atoms with Gasteiger partial charge in [0.1, 0.15) is 0 Å². The Morgan fingerprint density at radius 3 is 2.90 bits per heavy atom. The summed E-state index contributed by atoms with van der Waals surface area (Å²) in [5.41, 5.74) is 0.661. The molecule has 6 nitrogen and oxygen atoms in total. The molecule has 0 aliphatic rings. The number of benzene rings is 1. The van der Waals surface area contributed by atoms with Crippen molar-refractivity contribution in [1.29, 1.82) is 0 Å². The number of methoxy groups -OCH3 is 1. The summed E-state index contributed by atoms with van der Waals surface area (Å²) in [6, 6.07) is 6.81. The van der Waals surface area contributed by atoms with Crippen LogP contribution in [0.4, 0.5) is 11.6 Å². The van der Waals surface area contributed by atoms with Gasteiger partial charge in [0.15, 0.2) is 0 Å². The van der Waals surface area contributed by atoms with Crippen molar-refractivity contribution in [2.24, 2.45) is 5.14 Å². The monoisotopic (exact) mass is 356 g/mol. The van der Waals surface area contributed by atoms with Crippen LogP contribution in [0.3, 0.4) is 0 Å². The summed E-state index contributed by atoms with van der Waals surface area (Å²) in [7, 11) is -1.23. The average Bonchev–Trinajstić information content (AvgIpc) is 2.40. The van der Waals surface area contributed by atoms with Gasteiger partial charge in [0.05, 0.1) is 27.5 Å². The van der Waals surface area contributed by atoms with Crippen molar-refractivity contribution in [3.05, 3.63) is 34.9 Å². The summed E-state index contributed by atoms with van der Waals surface area (Å²) in [5, 5.41) is 8.50. The number of rotatable bonds is 4. The highest BCUT2D eigenvalue weighted by Crippen LogP contribution is 2.24. The molecule has 0 saturated carbocycles. The Morgan fingerprint density at radius 1 is 1.50 bits per heavy atom. The molecule has 1 atom stereocenters. The van der Waals surface area contributed by atoms with Crippen molar-refractivity contribution in [3.63, 3.8) is 0 Å². The van der Waals surface area contributed by atoms with E-state index in [2.05, 4.69) is 37.1 Å². The molecule has 1 aromatic carbocycles. The van der Waals surface area contributed by atoms with Crippen molar-refractivity contribution in [2.45, 2.75) is 4.90 Å². The van der Waals surface area contributed by atoms with Crippen molar-refractivity contribution in [1.82, 2.24) is 9.97 Å². The van der Waals surface area contributed by atoms with E-state index >= 15 is 0 Å². The van der Waals surface area contributed by atoms with Gasteiger partial charge in [-0.3, -0.25) is 5.14 Å². The van der Waals surface area contributed by atoms with E-state index in [1.807, 2.05) is 0 Å². The lowest BCUT2D eigenvalue weighted by atomic mass is 10.3. The van der Waals surface area contributed by atoms with Gasteiger partial charge in [0, 0.05) is 10.6 Å². The first-order chi connectivity index (χ1) is 9.40. The highest BCUT2D eigenvalue weighted by atomic mass is 79.9. The molecular weight excluding hydrogens is 344 g/mol. The molecule has 0 radical (unpaired) electrons. The predicted octanol–water partition coefficient (Wildman–Crippen LogP) is 1.94. The Balaban J connectivity index is 2.31. The van der Waals surface area contributed by atoms with Crippen LogP contribution in [0.5, 0.6) is 5.88 Å². The maximum atomic E-state index is 11.7. The molecule has 0 aliphatic carbocycles. The fourth-order valence-corrected chi connectivity index (χ4v) is 2.46. The van der Waals surface area contributed by atoms with E-state index in [0.717, 1.165) is 0 Å². The molecule has 0 bridgehead atoms. The lowest BCUT2D eigenvalue weighted by Gasteiger charge is -2.09. The van der Waals surface area contributed by atoms with Crippen LogP contribution in [0, 0.1) is 0 Å². The molecule has 20 heavy (non-hydrogen) atoms. The number of nitrogens with zero attached hydrogens (tertiary/aromatic N) is 2. The summed E-state index contributed by atoms with van der Waals surface area (Å²) in [6.45, 7) is 0. The normalized spacial score (nSPS) is 13.6. The Kier molecular flexibility index (Phi) is 4.26. The second-order valence-electron chi connectivity index (χ2n) is 3.93. The Labute approximate surface area is 125 Å². The quantitative estimate of drug-likeness (QED) is 0.817. The number of nitrogens with one attached hydrogen (secondary N) is 1. The minimum Gasteiger partial charge on any atom is -0.480 e. The van der Waals surface area contributed by atoms with Crippen LogP contribution < -0.4 is 15.2 Å². The summed E-state index contributed by atoms with van der Waals surface area (Å²) in [5.74, 6) is 4.22. The highest BCUT2D eigenvalue weighted by Gasteiger charge is 2.07. The van der Waals surface area contributed by atoms with Gasteiger partial charge in [0.25, 0.3) is 0 Å². The van der Waals surface area contributed by atoms with Crippen LogP contribution in [0.2, 0.25) is 0 Å². The van der Waals surface area contributed by atoms with Gasteiger partial charge in [0.2, 0.25) is 11.8 Å². The molecule has 2 rings (SSSR count). The summed E-state index contributed by atoms with van der Waals surface area (Å²) in [6.07, 6.45) is 1.57. The van der Waals surface area contributed by atoms with Gasteiger partial charge in [-0.05, 0) is 40.0 Å². The SMILES string of the molecule is C=S(N)(=O)c1cccc(Nc2ncc(Br)c(OC)n2)c1. The number of hydrogen-bond donors (Lipinski definition) is 2. The van der Waals surface area contributed by atoms with E-state index in [1.54, 1.807) is 30.5 Å². The number of nitrogens with two attached hydrogens (primary N) is 1. The first kappa shape index (κ1) is 14.8. The lowest BCUT2D eigenvalue weighted by Crippen LogP contribution is -2.12. The third-order valence-electron chi connectivity index (χ3n) is 2.39. The summed E-state index contributed by atoms with van der Waals surface area (Å²) in [4.78, 5) is 8.73. The number of aromatic nitrogens is 2. The topological polar surface area (TPSA) is 90.1 Å². The highest BCUT2D eigenvalue weighted by molar-refractivity contribution is 9.10. The molecule has 0 aliphatic heterocycles. The first-order valence-electron chi connectivity index (χ1n) is 5.49.